The highest BCUT2D eigenvalue weighted by molar-refractivity contribution is 5.99. The number of nitrogens with one attached hydrogen (secondary N) is 1. The molecule has 0 radical (unpaired) electrons. The van der Waals surface area contributed by atoms with E-state index in [0.29, 0.717) is 12.1 Å². The summed E-state index contributed by atoms with van der Waals surface area (Å²) >= 11 is 0. The minimum Gasteiger partial charge on any atom is -0.449 e. The number of benzene rings is 1. The third-order valence-electron chi connectivity index (χ3n) is 2.50. The first-order valence-electron chi connectivity index (χ1n) is 5.80. The molecule has 1 aromatic rings. The van der Waals surface area contributed by atoms with Crippen LogP contribution in [0.25, 0.3) is 0 Å². The number of hydrogen-bond donors (Lipinski definition) is 3. The van der Waals surface area contributed by atoms with Gasteiger partial charge in [-0.25, -0.2) is 9.59 Å². The van der Waals surface area contributed by atoms with Gasteiger partial charge in [-0.2, -0.15) is 13.2 Å². The third kappa shape index (κ3) is 4.36. The van der Waals surface area contributed by atoms with E-state index in [9.17, 15) is 27.6 Å². The zero-order valence-electron chi connectivity index (χ0n) is 11.2. The molecule has 120 valence electrons. The Morgan fingerprint density at radius 3 is 2.32 bits per heavy atom. The van der Waals surface area contributed by atoms with Crippen molar-refractivity contribution >= 4 is 23.6 Å². The Kier molecular flexibility index (Phi) is 4.97. The van der Waals surface area contributed by atoms with Gasteiger partial charge in [-0.1, -0.05) is 0 Å². The van der Waals surface area contributed by atoms with Crippen LogP contribution >= 0.6 is 0 Å². The van der Waals surface area contributed by atoms with Crippen molar-refractivity contribution in [3.05, 3.63) is 29.3 Å². The van der Waals surface area contributed by atoms with E-state index >= 15 is 0 Å². The van der Waals surface area contributed by atoms with Crippen molar-refractivity contribution in [2.24, 2.45) is 5.73 Å². The highest BCUT2D eigenvalue weighted by Crippen LogP contribution is 2.31. The summed E-state index contributed by atoms with van der Waals surface area (Å²) in [7, 11) is 0. The number of nitrogen functional groups attached to an aromatic ring is 1. The largest absolute Gasteiger partial charge is 0.449 e. The number of urea groups is 1. The molecule has 10 heteroatoms. The molecule has 1 rings (SSSR count). The van der Waals surface area contributed by atoms with Crippen LogP contribution in [0.3, 0.4) is 0 Å². The number of ether oxygens (including phenoxy) is 1. The number of imide groups is 1. The predicted octanol–water partition coefficient (Wildman–Crippen LogP) is 1.03. The lowest BCUT2D eigenvalue weighted by Crippen LogP contribution is -2.42. The first-order chi connectivity index (χ1) is 10.0. The van der Waals surface area contributed by atoms with Gasteiger partial charge >= 0.3 is 18.2 Å². The third-order valence-corrected chi connectivity index (χ3v) is 2.50. The summed E-state index contributed by atoms with van der Waals surface area (Å²) in [6.45, 7) is 1.15. The standard InChI is InChI=1S/C12H12F3N3O4/c1-5(9(19)18-11(17)21)22-10(20)7-3-2-6(4-8(7)16)12(13,14)15/h2-5H,16H2,1H3,(H3,17,18,19,21)/t5-/m0/s1. The molecule has 0 aliphatic carbocycles. The smallest absolute Gasteiger partial charge is 0.416 e. The van der Waals surface area contributed by atoms with E-state index in [0.717, 1.165) is 13.0 Å². The molecule has 0 aliphatic rings. The minimum atomic E-state index is -4.61. The van der Waals surface area contributed by atoms with Gasteiger partial charge in [0.1, 0.15) is 0 Å². The average Bonchev–Trinajstić information content (AvgIpc) is 2.36. The number of rotatable bonds is 3. The molecule has 1 aromatic carbocycles. The number of carbonyl (C=O) groups is 3. The molecular formula is C12H12F3N3O4. The second-order valence-corrected chi connectivity index (χ2v) is 4.20. The Labute approximate surface area is 122 Å². The number of anilines is 1. The molecule has 0 bridgehead atoms. The molecule has 22 heavy (non-hydrogen) atoms. The van der Waals surface area contributed by atoms with E-state index < -0.39 is 41.4 Å². The summed E-state index contributed by atoms with van der Waals surface area (Å²) in [4.78, 5) is 33.5. The fourth-order valence-corrected chi connectivity index (χ4v) is 1.43. The number of carbonyl (C=O) groups excluding carboxylic acids is 3. The van der Waals surface area contributed by atoms with Gasteiger partial charge in [0.2, 0.25) is 0 Å². The lowest BCUT2D eigenvalue weighted by atomic mass is 10.1. The Morgan fingerprint density at radius 1 is 1.27 bits per heavy atom. The van der Waals surface area contributed by atoms with Crippen molar-refractivity contribution in [3.63, 3.8) is 0 Å². The molecule has 5 N–H and O–H groups in total. The first kappa shape index (κ1) is 17.3. The van der Waals surface area contributed by atoms with Gasteiger partial charge in [0.05, 0.1) is 11.1 Å². The van der Waals surface area contributed by atoms with Crippen LogP contribution in [0.5, 0.6) is 0 Å². The first-order valence-corrected chi connectivity index (χ1v) is 5.80. The Morgan fingerprint density at radius 2 is 1.86 bits per heavy atom. The van der Waals surface area contributed by atoms with Gasteiger partial charge in [-0.3, -0.25) is 10.1 Å². The summed E-state index contributed by atoms with van der Waals surface area (Å²) in [6, 6.07) is 0.923. The van der Waals surface area contributed by atoms with Crippen LogP contribution in [0.1, 0.15) is 22.8 Å². The Hall–Kier alpha value is -2.78. The SMILES string of the molecule is C[C@H](OC(=O)c1ccc(C(F)(F)F)cc1N)C(=O)NC(N)=O. The van der Waals surface area contributed by atoms with Crippen LogP contribution in [-0.2, 0) is 15.7 Å². The molecular weight excluding hydrogens is 307 g/mol. The maximum Gasteiger partial charge on any atom is 0.416 e. The summed E-state index contributed by atoms with van der Waals surface area (Å²) in [5.74, 6) is -2.09. The van der Waals surface area contributed by atoms with E-state index in [4.69, 9.17) is 11.5 Å². The monoisotopic (exact) mass is 319 g/mol. The normalized spacial score (nSPS) is 12.4. The van der Waals surface area contributed by atoms with Crippen molar-refractivity contribution < 1.29 is 32.3 Å². The maximum absolute atomic E-state index is 12.5. The van der Waals surface area contributed by atoms with Crippen LogP contribution in [-0.4, -0.2) is 24.0 Å². The highest BCUT2D eigenvalue weighted by atomic mass is 19.4. The van der Waals surface area contributed by atoms with E-state index in [1.54, 1.807) is 5.32 Å². The Bertz CT molecular complexity index is 616. The molecule has 0 fully saturated rings. The quantitative estimate of drug-likeness (QED) is 0.567. The Balaban J connectivity index is 2.86. The zero-order valence-corrected chi connectivity index (χ0v) is 11.2. The molecule has 0 heterocycles. The second kappa shape index (κ2) is 6.33. The summed E-state index contributed by atoms with van der Waals surface area (Å²) in [5, 5.41) is 1.69. The lowest BCUT2D eigenvalue weighted by molar-refractivity contribution is -0.137. The predicted molar refractivity (Wildman–Crippen MR) is 68.5 cm³/mol. The number of nitrogens with two attached hydrogens (primary N) is 2. The van der Waals surface area contributed by atoms with Crippen LogP contribution in [0.15, 0.2) is 18.2 Å². The number of alkyl halides is 3. The van der Waals surface area contributed by atoms with Crippen molar-refractivity contribution in [2.75, 3.05) is 5.73 Å². The van der Waals surface area contributed by atoms with Crippen molar-refractivity contribution in [2.45, 2.75) is 19.2 Å². The highest BCUT2D eigenvalue weighted by Gasteiger charge is 2.31. The summed E-state index contributed by atoms with van der Waals surface area (Å²) < 4.78 is 42.1. The van der Waals surface area contributed by atoms with Gasteiger partial charge < -0.3 is 16.2 Å². The molecule has 0 aliphatic heterocycles. The van der Waals surface area contributed by atoms with Gasteiger partial charge in [-0.05, 0) is 25.1 Å². The molecule has 7 nitrogen and oxygen atoms in total. The van der Waals surface area contributed by atoms with Crippen LogP contribution in [0.2, 0.25) is 0 Å². The van der Waals surface area contributed by atoms with E-state index in [1.807, 2.05) is 0 Å². The lowest BCUT2D eigenvalue weighted by Gasteiger charge is -2.14. The fraction of sp³-hybridized carbons (Fsp3) is 0.250. The number of hydrogen-bond acceptors (Lipinski definition) is 5. The minimum absolute atomic E-state index is 0.341. The maximum atomic E-state index is 12.5. The second-order valence-electron chi connectivity index (χ2n) is 4.20. The summed E-state index contributed by atoms with van der Waals surface area (Å²) in [5.41, 5.74) is 8.27. The number of amides is 3. The fourth-order valence-electron chi connectivity index (χ4n) is 1.43. The number of halogens is 3. The van der Waals surface area contributed by atoms with Gasteiger partial charge in [0.15, 0.2) is 6.10 Å². The van der Waals surface area contributed by atoms with E-state index in [-0.39, 0.29) is 5.56 Å². The van der Waals surface area contributed by atoms with Crippen LogP contribution in [0.4, 0.5) is 23.7 Å². The molecule has 0 saturated heterocycles. The molecule has 0 aromatic heterocycles. The molecule has 0 saturated carbocycles. The van der Waals surface area contributed by atoms with Crippen molar-refractivity contribution in [3.8, 4) is 0 Å². The number of esters is 1. The average molecular weight is 319 g/mol. The molecule has 0 unspecified atom stereocenters. The van der Waals surface area contributed by atoms with Crippen molar-refractivity contribution in [1.82, 2.24) is 5.32 Å². The topological polar surface area (TPSA) is 125 Å². The van der Waals surface area contributed by atoms with Crippen LogP contribution < -0.4 is 16.8 Å². The molecule has 1 atom stereocenters. The van der Waals surface area contributed by atoms with Gasteiger partial charge in [0, 0.05) is 5.69 Å². The van der Waals surface area contributed by atoms with Crippen molar-refractivity contribution in [1.29, 1.82) is 0 Å². The zero-order chi connectivity index (χ0) is 17.1. The van der Waals surface area contributed by atoms with E-state index in [1.165, 1.54) is 0 Å². The summed E-state index contributed by atoms with van der Waals surface area (Å²) in [6.07, 6.45) is -5.99. The molecule has 3 amide bonds. The van der Waals surface area contributed by atoms with E-state index in [2.05, 4.69) is 4.74 Å². The van der Waals surface area contributed by atoms with Gasteiger partial charge in [-0.15, -0.1) is 0 Å². The van der Waals surface area contributed by atoms with Crippen LogP contribution in [0, 0.1) is 0 Å². The number of primary amides is 1. The molecule has 0 spiro atoms. The van der Waals surface area contributed by atoms with Gasteiger partial charge in [0.25, 0.3) is 5.91 Å².